The fourth-order valence-electron chi connectivity index (χ4n) is 1.38. The third-order valence-corrected chi connectivity index (χ3v) is 3.12. The molecular weight excluding hydrogens is 274 g/mol. The van der Waals surface area contributed by atoms with Crippen LogP contribution in [0.2, 0.25) is 5.02 Å². The fourth-order valence-corrected chi connectivity index (χ4v) is 2.20. The van der Waals surface area contributed by atoms with Crippen molar-refractivity contribution >= 4 is 33.1 Å². The highest BCUT2D eigenvalue weighted by molar-refractivity contribution is 7.92. The average molecular weight is 290 g/mol. The number of nitrogens with one attached hydrogen (secondary N) is 1. The van der Waals surface area contributed by atoms with Crippen molar-refractivity contribution in [1.29, 1.82) is 0 Å². The van der Waals surface area contributed by atoms with Crippen molar-refractivity contribution in [1.82, 2.24) is 0 Å². The van der Waals surface area contributed by atoms with Crippen LogP contribution < -0.4 is 4.72 Å². The minimum absolute atomic E-state index is 0.0848. The predicted molar refractivity (Wildman–Crippen MR) is 73.7 cm³/mol. The Balaban J connectivity index is 3.12. The fraction of sp³-hybridized carbons (Fsp3) is 0.417. The third kappa shape index (κ3) is 3.99. The molecule has 0 atom stereocenters. The standard InChI is InChI=1S/C12H16ClNO3S/c1-12(2,3)11(15)9-6-5-8(7-10(9)13)14-18(4,16)17/h5-7,14H,1-4H3. The molecule has 0 heterocycles. The molecule has 0 aliphatic rings. The van der Waals surface area contributed by atoms with Gasteiger partial charge in [-0.1, -0.05) is 32.4 Å². The van der Waals surface area contributed by atoms with Crippen LogP contribution in [0.25, 0.3) is 0 Å². The molecule has 0 aliphatic carbocycles. The van der Waals surface area contributed by atoms with Crippen LogP contribution in [0.4, 0.5) is 5.69 Å². The molecule has 100 valence electrons. The van der Waals surface area contributed by atoms with Crippen LogP contribution in [0.5, 0.6) is 0 Å². The van der Waals surface area contributed by atoms with E-state index in [1.807, 2.05) is 0 Å². The number of carbonyl (C=O) groups is 1. The zero-order valence-electron chi connectivity index (χ0n) is 10.7. The first-order valence-corrected chi connectivity index (χ1v) is 7.60. The molecule has 0 unspecified atom stereocenters. The Kier molecular flexibility index (Phi) is 4.08. The van der Waals surface area contributed by atoms with Crippen molar-refractivity contribution < 1.29 is 13.2 Å². The number of carbonyl (C=O) groups excluding carboxylic acids is 1. The van der Waals surface area contributed by atoms with E-state index in [0.717, 1.165) is 6.26 Å². The summed E-state index contributed by atoms with van der Waals surface area (Å²) in [6.07, 6.45) is 1.05. The zero-order chi connectivity index (χ0) is 14.1. The quantitative estimate of drug-likeness (QED) is 0.870. The number of sulfonamides is 1. The minimum atomic E-state index is -3.35. The largest absolute Gasteiger partial charge is 0.294 e. The van der Waals surface area contributed by atoms with Crippen LogP contribution >= 0.6 is 11.6 Å². The number of anilines is 1. The predicted octanol–water partition coefficient (Wildman–Crippen LogP) is 2.94. The first-order valence-electron chi connectivity index (χ1n) is 5.33. The lowest BCUT2D eigenvalue weighted by Gasteiger charge is -2.17. The highest BCUT2D eigenvalue weighted by Gasteiger charge is 2.24. The van der Waals surface area contributed by atoms with Crippen LogP contribution in [-0.2, 0) is 10.0 Å². The summed E-state index contributed by atoms with van der Waals surface area (Å²) in [6, 6.07) is 4.48. The van der Waals surface area contributed by atoms with Gasteiger partial charge in [0.2, 0.25) is 10.0 Å². The normalized spacial score (nSPS) is 12.3. The van der Waals surface area contributed by atoms with Gasteiger partial charge in [0.15, 0.2) is 5.78 Å². The molecule has 4 nitrogen and oxygen atoms in total. The van der Waals surface area contributed by atoms with Crippen LogP contribution in [0.3, 0.4) is 0 Å². The second-order valence-electron chi connectivity index (χ2n) is 5.15. The van der Waals surface area contributed by atoms with Gasteiger partial charge in [-0.05, 0) is 18.2 Å². The first kappa shape index (κ1) is 15.0. The number of hydrogen-bond acceptors (Lipinski definition) is 3. The monoisotopic (exact) mass is 289 g/mol. The summed E-state index contributed by atoms with van der Waals surface area (Å²) in [5.41, 5.74) is 0.200. The molecule has 18 heavy (non-hydrogen) atoms. The van der Waals surface area contributed by atoms with Crippen LogP contribution in [0, 0.1) is 5.41 Å². The van der Waals surface area contributed by atoms with Crippen molar-refractivity contribution in [3.05, 3.63) is 28.8 Å². The SMILES string of the molecule is CC(C)(C)C(=O)c1ccc(NS(C)(=O)=O)cc1Cl. The summed E-state index contributed by atoms with van der Waals surface area (Å²) >= 11 is 6.00. The van der Waals surface area contributed by atoms with Gasteiger partial charge in [0.05, 0.1) is 11.3 Å². The van der Waals surface area contributed by atoms with E-state index in [-0.39, 0.29) is 10.8 Å². The molecule has 1 aromatic rings. The Bertz CT molecular complexity index is 573. The van der Waals surface area contributed by atoms with E-state index in [9.17, 15) is 13.2 Å². The summed E-state index contributed by atoms with van der Waals surface area (Å²) in [5, 5.41) is 0.239. The van der Waals surface area contributed by atoms with Gasteiger partial charge in [-0.25, -0.2) is 8.42 Å². The number of rotatable bonds is 3. The molecular formula is C12H16ClNO3S. The van der Waals surface area contributed by atoms with Crippen molar-refractivity contribution in [3.8, 4) is 0 Å². The third-order valence-electron chi connectivity index (χ3n) is 2.20. The molecule has 1 N–H and O–H groups in total. The summed E-state index contributed by atoms with van der Waals surface area (Å²) in [7, 11) is -3.35. The maximum atomic E-state index is 12.1. The zero-order valence-corrected chi connectivity index (χ0v) is 12.3. The molecule has 0 saturated heterocycles. The summed E-state index contributed by atoms with van der Waals surface area (Å²) in [5.74, 6) is -0.0848. The lowest BCUT2D eigenvalue weighted by atomic mass is 9.86. The molecule has 0 saturated carbocycles. The van der Waals surface area contributed by atoms with Gasteiger partial charge in [0.1, 0.15) is 0 Å². The van der Waals surface area contributed by atoms with Gasteiger partial charge in [-0.3, -0.25) is 9.52 Å². The smallest absolute Gasteiger partial charge is 0.229 e. The van der Waals surface area contributed by atoms with Gasteiger partial charge < -0.3 is 0 Å². The topological polar surface area (TPSA) is 63.2 Å². The lowest BCUT2D eigenvalue weighted by molar-refractivity contribution is 0.0858. The average Bonchev–Trinajstić information content (AvgIpc) is 2.12. The molecule has 6 heteroatoms. The highest BCUT2D eigenvalue weighted by atomic mass is 35.5. The minimum Gasteiger partial charge on any atom is -0.294 e. The highest BCUT2D eigenvalue weighted by Crippen LogP contribution is 2.28. The van der Waals surface area contributed by atoms with Gasteiger partial charge in [-0.15, -0.1) is 0 Å². The molecule has 0 spiro atoms. The number of Topliss-reactive ketones (excluding diaryl/α,β-unsaturated/α-hetero) is 1. The molecule has 0 radical (unpaired) electrons. The van der Waals surface area contributed by atoms with Crippen molar-refractivity contribution in [2.24, 2.45) is 5.41 Å². The van der Waals surface area contributed by atoms with E-state index in [1.165, 1.54) is 18.2 Å². The van der Waals surface area contributed by atoms with E-state index in [2.05, 4.69) is 4.72 Å². The molecule has 0 aromatic heterocycles. The van der Waals surface area contributed by atoms with Gasteiger partial charge in [-0.2, -0.15) is 0 Å². The summed E-state index contributed by atoms with van der Waals surface area (Å²) < 4.78 is 24.4. The maximum Gasteiger partial charge on any atom is 0.229 e. The molecule has 0 bridgehead atoms. The second kappa shape index (κ2) is 4.90. The van der Waals surface area contributed by atoms with Gasteiger partial charge in [0, 0.05) is 16.7 Å². The summed E-state index contributed by atoms with van der Waals surface area (Å²) in [6.45, 7) is 5.40. The number of benzene rings is 1. The van der Waals surface area contributed by atoms with E-state index < -0.39 is 15.4 Å². The molecule has 0 fully saturated rings. The van der Waals surface area contributed by atoms with E-state index in [1.54, 1.807) is 20.8 Å². The number of halogens is 1. The number of ketones is 1. The Labute approximate surface area is 112 Å². The van der Waals surface area contributed by atoms with Crippen molar-refractivity contribution in [2.45, 2.75) is 20.8 Å². The second-order valence-corrected chi connectivity index (χ2v) is 7.30. The molecule has 0 amide bonds. The van der Waals surface area contributed by atoms with Gasteiger partial charge in [0.25, 0.3) is 0 Å². The maximum absolute atomic E-state index is 12.1. The Morgan fingerprint density at radius 1 is 1.28 bits per heavy atom. The molecule has 0 aliphatic heterocycles. The van der Waals surface area contributed by atoms with Crippen LogP contribution in [-0.4, -0.2) is 20.5 Å². The number of hydrogen-bond donors (Lipinski definition) is 1. The Morgan fingerprint density at radius 2 is 1.83 bits per heavy atom. The molecule has 1 aromatic carbocycles. The lowest BCUT2D eigenvalue weighted by Crippen LogP contribution is -2.20. The Hall–Kier alpha value is -1.07. The first-order chi connectivity index (χ1) is 8.00. The van der Waals surface area contributed by atoms with Crippen molar-refractivity contribution in [3.63, 3.8) is 0 Å². The Morgan fingerprint density at radius 3 is 2.22 bits per heavy atom. The molecule has 1 rings (SSSR count). The van der Waals surface area contributed by atoms with Crippen molar-refractivity contribution in [2.75, 3.05) is 11.0 Å². The van der Waals surface area contributed by atoms with Crippen LogP contribution in [0.1, 0.15) is 31.1 Å². The van der Waals surface area contributed by atoms with E-state index in [0.29, 0.717) is 11.3 Å². The summed E-state index contributed by atoms with van der Waals surface area (Å²) in [4.78, 5) is 12.1. The van der Waals surface area contributed by atoms with Crippen LogP contribution in [0.15, 0.2) is 18.2 Å². The van der Waals surface area contributed by atoms with E-state index >= 15 is 0 Å². The van der Waals surface area contributed by atoms with Gasteiger partial charge >= 0.3 is 0 Å². The van der Waals surface area contributed by atoms with E-state index in [4.69, 9.17) is 11.6 Å².